The molecule has 1 saturated heterocycles. The third-order valence-corrected chi connectivity index (χ3v) is 7.30. The highest BCUT2D eigenvalue weighted by atomic mass is 32.2. The summed E-state index contributed by atoms with van der Waals surface area (Å²) in [5, 5.41) is 12.2. The standard InChI is InChI=1S/C15H18N2OS2/c1-9-3-4-11(18)10(7-9)13-16-15(8-12(15)20-13)14-17(2)5-6-19-14/h3-4,7,12,14,18H,5-6,8H2,1-2H3/t12-,14?,15?/m0/s1. The highest BCUT2D eigenvalue weighted by molar-refractivity contribution is 8.15. The molecule has 5 heteroatoms. The maximum atomic E-state index is 10.1. The Hall–Kier alpha value is -0.650. The fourth-order valence-corrected chi connectivity index (χ4v) is 6.37. The first-order valence-corrected chi connectivity index (χ1v) is 8.91. The molecule has 3 atom stereocenters. The SMILES string of the molecule is Cc1ccc(O)c(C2=NC3(C4SCCN4C)C[C@@H]3S2)c1. The molecule has 0 bridgehead atoms. The highest BCUT2D eigenvalue weighted by Crippen LogP contribution is 2.61. The fourth-order valence-electron chi connectivity index (χ4n) is 3.19. The van der Waals surface area contributed by atoms with Gasteiger partial charge in [0.2, 0.25) is 0 Å². The first kappa shape index (κ1) is 13.0. The van der Waals surface area contributed by atoms with Gasteiger partial charge in [-0.3, -0.25) is 9.89 Å². The van der Waals surface area contributed by atoms with Crippen LogP contribution in [-0.2, 0) is 0 Å². The van der Waals surface area contributed by atoms with E-state index in [1.165, 1.54) is 17.7 Å². The Bertz CT molecular complexity index is 604. The van der Waals surface area contributed by atoms with Gasteiger partial charge in [-0.15, -0.1) is 11.8 Å². The summed E-state index contributed by atoms with van der Waals surface area (Å²) >= 11 is 3.89. The minimum absolute atomic E-state index is 0.103. The molecule has 0 amide bonds. The van der Waals surface area contributed by atoms with Gasteiger partial charge in [0.15, 0.2) is 0 Å². The van der Waals surface area contributed by atoms with E-state index in [0.717, 1.165) is 17.2 Å². The normalized spacial score (nSPS) is 36.0. The fraction of sp³-hybridized carbons (Fsp3) is 0.533. The first-order valence-electron chi connectivity index (χ1n) is 6.98. The van der Waals surface area contributed by atoms with Gasteiger partial charge in [0.05, 0.1) is 5.37 Å². The average Bonchev–Trinajstić information content (AvgIpc) is 2.79. The quantitative estimate of drug-likeness (QED) is 0.911. The molecule has 2 heterocycles. The van der Waals surface area contributed by atoms with Crippen molar-refractivity contribution >= 4 is 28.6 Å². The summed E-state index contributed by atoms with van der Waals surface area (Å²) in [6.07, 6.45) is 1.19. The van der Waals surface area contributed by atoms with Gasteiger partial charge in [0, 0.05) is 23.1 Å². The van der Waals surface area contributed by atoms with Crippen molar-refractivity contribution in [1.82, 2.24) is 4.90 Å². The first-order chi connectivity index (χ1) is 9.60. The van der Waals surface area contributed by atoms with Gasteiger partial charge in [0.25, 0.3) is 0 Å². The Balaban J connectivity index is 1.69. The van der Waals surface area contributed by atoms with Crippen LogP contribution in [0.15, 0.2) is 23.2 Å². The Labute approximate surface area is 127 Å². The molecule has 1 saturated carbocycles. The van der Waals surface area contributed by atoms with E-state index in [4.69, 9.17) is 4.99 Å². The number of likely N-dealkylation sites (N-methyl/N-ethyl adjacent to an activating group) is 1. The Morgan fingerprint density at radius 1 is 1.45 bits per heavy atom. The molecule has 2 aliphatic heterocycles. The third kappa shape index (κ3) is 1.83. The minimum Gasteiger partial charge on any atom is -0.507 e. The van der Waals surface area contributed by atoms with E-state index in [1.54, 1.807) is 6.07 Å². The highest BCUT2D eigenvalue weighted by Gasteiger charge is 2.65. The summed E-state index contributed by atoms with van der Waals surface area (Å²) < 4.78 is 0. The van der Waals surface area contributed by atoms with Crippen LogP contribution in [-0.4, -0.2) is 50.6 Å². The molecule has 106 valence electrons. The topological polar surface area (TPSA) is 35.8 Å². The second kappa shape index (κ2) is 4.42. The molecule has 2 fully saturated rings. The number of thioether (sulfide) groups is 2. The molecule has 3 aliphatic rings. The van der Waals surface area contributed by atoms with E-state index in [0.29, 0.717) is 16.4 Å². The van der Waals surface area contributed by atoms with Crippen molar-refractivity contribution in [2.45, 2.75) is 29.5 Å². The van der Waals surface area contributed by atoms with Crippen molar-refractivity contribution in [1.29, 1.82) is 0 Å². The van der Waals surface area contributed by atoms with Gasteiger partial charge in [-0.05, 0) is 32.5 Å². The van der Waals surface area contributed by atoms with Crippen LogP contribution >= 0.6 is 23.5 Å². The molecule has 0 aromatic heterocycles. The smallest absolute Gasteiger partial charge is 0.125 e. The molecule has 3 nitrogen and oxygen atoms in total. The lowest BCUT2D eigenvalue weighted by Gasteiger charge is -2.24. The van der Waals surface area contributed by atoms with Crippen LogP contribution in [0.1, 0.15) is 17.5 Å². The molecule has 1 aromatic rings. The van der Waals surface area contributed by atoms with Crippen LogP contribution in [0.5, 0.6) is 5.75 Å². The minimum atomic E-state index is 0.103. The van der Waals surface area contributed by atoms with Crippen molar-refractivity contribution in [2.24, 2.45) is 4.99 Å². The second-order valence-electron chi connectivity index (χ2n) is 5.94. The zero-order chi connectivity index (χ0) is 13.9. The molecule has 2 unspecified atom stereocenters. The maximum absolute atomic E-state index is 10.1. The molecule has 1 N–H and O–H groups in total. The van der Waals surface area contributed by atoms with Crippen LogP contribution in [0, 0.1) is 6.92 Å². The van der Waals surface area contributed by atoms with Crippen LogP contribution in [0.4, 0.5) is 0 Å². The third-order valence-electron chi connectivity index (χ3n) is 4.40. The molecule has 0 radical (unpaired) electrons. The predicted molar refractivity (Wildman–Crippen MR) is 87.0 cm³/mol. The molecular formula is C15H18N2OS2. The predicted octanol–water partition coefficient (Wildman–Crippen LogP) is 2.71. The van der Waals surface area contributed by atoms with Gasteiger partial charge >= 0.3 is 0 Å². The summed E-state index contributed by atoms with van der Waals surface area (Å²) in [5.41, 5.74) is 2.18. The van der Waals surface area contributed by atoms with Crippen molar-refractivity contribution in [2.75, 3.05) is 19.3 Å². The molecule has 4 rings (SSSR count). The van der Waals surface area contributed by atoms with Gasteiger partial charge in [-0.1, -0.05) is 23.4 Å². The zero-order valence-electron chi connectivity index (χ0n) is 11.7. The van der Waals surface area contributed by atoms with Crippen LogP contribution < -0.4 is 0 Å². The van der Waals surface area contributed by atoms with E-state index >= 15 is 0 Å². The Morgan fingerprint density at radius 3 is 3.05 bits per heavy atom. The molecule has 0 spiro atoms. The molecule has 1 aliphatic carbocycles. The van der Waals surface area contributed by atoms with E-state index in [9.17, 15) is 5.11 Å². The lowest BCUT2D eigenvalue weighted by molar-refractivity contribution is 0.310. The summed E-state index contributed by atoms with van der Waals surface area (Å²) in [5.74, 6) is 1.56. The summed E-state index contributed by atoms with van der Waals surface area (Å²) in [7, 11) is 2.21. The Kier molecular flexibility index (Phi) is 2.88. The van der Waals surface area contributed by atoms with E-state index in [-0.39, 0.29) is 5.54 Å². The largest absolute Gasteiger partial charge is 0.507 e. The number of phenolic OH excluding ortho intramolecular Hbond substituents is 1. The number of rotatable bonds is 2. The number of fused-ring (bicyclic) bond motifs is 1. The van der Waals surface area contributed by atoms with Crippen molar-refractivity contribution < 1.29 is 5.11 Å². The van der Waals surface area contributed by atoms with Gasteiger partial charge in [-0.2, -0.15) is 0 Å². The summed E-state index contributed by atoms with van der Waals surface area (Å²) in [6, 6.07) is 5.77. The van der Waals surface area contributed by atoms with Gasteiger partial charge in [0.1, 0.15) is 16.3 Å². The number of aliphatic imine (C=N–C) groups is 1. The second-order valence-corrected chi connectivity index (χ2v) is 8.32. The maximum Gasteiger partial charge on any atom is 0.125 e. The number of aromatic hydroxyl groups is 1. The number of nitrogens with zero attached hydrogens (tertiary/aromatic N) is 2. The van der Waals surface area contributed by atoms with Gasteiger partial charge < -0.3 is 5.11 Å². The van der Waals surface area contributed by atoms with E-state index in [1.807, 2.05) is 35.7 Å². The summed E-state index contributed by atoms with van der Waals surface area (Å²) in [6.45, 7) is 3.22. The summed E-state index contributed by atoms with van der Waals surface area (Å²) in [4.78, 5) is 7.49. The van der Waals surface area contributed by atoms with Gasteiger partial charge in [-0.25, -0.2) is 0 Å². The monoisotopic (exact) mass is 306 g/mol. The lowest BCUT2D eigenvalue weighted by atomic mass is 10.1. The van der Waals surface area contributed by atoms with Crippen molar-refractivity contribution in [3.05, 3.63) is 29.3 Å². The zero-order valence-corrected chi connectivity index (χ0v) is 13.3. The van der Waals surface area contributed by atoms with E-state index in [2.05, 4.69) is 18.9 Å². The Morgan fingerprint density at radius 2 is 2.30 bits per heavy atom. The molecular weight excluding hydrogens is 288 g/mol. The van der Waals surface area contributed by atoms with Crippen LogP contribution in [0.3, 0.4) is 0 Å². The molecule has 20 heavy (non-hydrogen) atoms. The number of benzene rings is 1. The van der Waals surface area contributed by atoms with E-state index < -0.39 is 0 Å². The molecule has 1 aromatic carbocycles. The average molecular weight is 306 g/mol. The van der Waals surface area contributed by atoms with Crippen molar-refractivity contribution in [3.63, 3.8) is 0 Å². The van der Waals surface area contributed by atoms with Crippen molar-refractivity contribution in [3.8, 4) is 5.75 Å². The number of phenols is 1. The van der Waals surface area contributed by atoms with Crippen LogP contribution in [0.2, 0.25) is 0 Å². The number of aryl methyl sites for hydroxylation is 1. The van der Waals surface area contributed by atoms with Crippen LogP contribution in [0.25, 0.3) is 0 Å². The lowest BCUT2D eigenvalue weighted by Crippen LogP contribution is -2.36. The number of hydrogen-bond donors (Lipinski definition) is 1. The number of hydrogen-bond acceptors (Lipinski definition) is 5.